The van der Waals surface area contributed by atoms with Crippen molar-refractivity contribution in [1.29, 1.82) is 0 Å². The molecule has 0 unspecified atom stereocenters. The van der Waals surface area contributed by atoms with Gasteiger partial charge in [0.2, 0.25) is 0 Å². The van der Waals surface area contributed by atoms with Crippen molar-refractivity contribution >= 4 is 0 Å². The Labute approximate surface area is 54.4 Å². The molecule has 0 saturated heterocycles. The topological polar surface area (TPSA) is 52.9 Å². The van der Waals surface area contributed by atoms with Crippen LogP contribution < -0.4 is 0 Å². The maximum Gasteiger partial charge on any atom is 0.0730 e. The van der Waals surface area contributed by atoms with Crippen LogP contribution in [0.5, 0.6) is 0 Å². The Morgan fingerprint density at radius 3 is 2.11 bits per heavy atom. The Morgan fingerprint density at radius 2 is 2.00 bits per heavy atom. The lowest BCUT2D eigenvalue weighted by Gasteiger charge is -2.20. The molecular weight excluding hydrogens is 120 g/mol. The van der Waals surface area contributed by atoms with Gasteiger partial charge in [0.1, 0.15) is 0 Å². The quantitative estimate of drug-likeness (QED) is 0.446. The first-order valence-electron chi connectivity index (χ1n) is 2.83. The van der Waals surface area contributed by atoms with E-state index in [2.05, 4.69) is 5.29 Å². The number of likely N-dealkylation sites (N-methyl/N-ethyl adjacent to an activating group) is 1. The van der Waals surface area contributed by atoms with Crippen LogP contribution in [-0.2, 0) is 0 Å². The van der Waals surface area contributed by atoms with E-state index in [0.717, 1.165) is 0 Å². The number of hydrogen-bond acceptors (Lipinski definition) is 3. The van der Waals surface area contributed by atoms with Crippen LogP contribution in [0.15, 0.2) is 5.29 Å². The second-order valence-electron chi connectivity index (χ2n) is 2.14. The SMILES string of the molecule is C[C@H]([C@@H](C)O)N(C)N=O. The number of nitrogens with zero attached hydrogens (tertiary/aromatic N) is 2. The Bertz CT molecular complexity index is 95.0. The number of aliphatic hydroxyl groups is 1. The van der Waals surface area contributed by atoms with Crippen LogP contribution in [-0.4, -0.2) is 29.3 Å². The van der Waals surface area contributed by atoms with Crippen LogP contribution in [0.2, 0.25) is 0 Å². The maximum atomic E-state index is 9.82. The average Bonchev–Trinajstić information content (AvgIpc) is 1.84. The number of aliphatic hydroxyl groups excluding tert-OH is 1. The molecular formula is C5H12N2O2. The monoisotopic (exact) mass is 132 g/mol. The smallest absolute Gasteiger partial charge is 0.0730 e. The van der Waals surface area contributed by atoms with Gasteiger partial charge in [-0.2, -0.15) is 0 Å². The lowest BCUT2D eigenvalue weighted by molar-refractivity contribution is 0.0876. The Kier molecular flexibility index (Phi) is 3.16. The molecule has 0 radical (unpaired) electrons. The summed E-state index contributed by atoms with van der Waals surface area (Å²) < 4.78 is 0. The molecule has 0 aliphatic heterocycles. The van der Waals surface area contributed by atoms with E-state index in [1.807, 2.05) is 0 Å². The minimum atomic E-state index is -0.521. The predicted molar refractivity (Wildman–Crippen MR) is 34.7 cm³/mol. The van der Waals surface area contributed by atoms with Gasteiger partial charge in [-0.25, -0.2) is 0 Å². The summed E-state index contributed by atoms with van der Waals surface area (Å²) in [6, 6.07) is -0.206. The normalized spacial score (nSPS) is 16.4. The Hall–Kier alpha value is -0.640. The molecule has 0 amide bonds. The highest BCUT2D eigenvalue weighted by atomic mass is 16.3. The third-order valence-electron chi connectivity index (χ3n) is 1.42. The molecule has 0 aromatic heterocycles. The zero-order chi connectivity index (χ0) is 7.44. The number of nitroso groups, excluding NO2 is 1. The second-order valence-corrected chi connectivity index (χ2v) is 2.14. The van der Waals surface area contributed by atoms with Crippen molar-refractivity contribution in [3.63, 3.8) is 0 Å². The lowest BCUT2D eigenvalue weighted by Crippen LogP contribution is -2.33. The van der Waals surface area contributed by atoms with Gasteiger partial charge in [0, 0.05) is 7.05 Å². The van der Waals surface area contributed by atoms with E-state index < -0.39 is 6.10 Å². The molecule has 4 heteroatoms. The number of hydrogen-bond donors (Lipinski definition) is 1. The van der Waals surface area contributed by atoms with Gasteiger partial charge < -0.3 is 5.11 Å². The summed E-state index contributed by atoms with van der Waals surface area (Å²) in [5.74, 6) is 0. The molecule has 0 fully saturated rings. The van der Waals surface area contributed by atoms with Crippen molar-refractivity contribution in [2.75, 3.05) is 7.05 Å². The van der Waals surface area contributed by atoms with Crippen molar-refractivity contribution in [2.45, 2.75) is 26.0 Å². The largest absolute Gasteiger partial charge is 0.391 e. The summed E-state index contributed by atoms with van der Waals surface area (Å²) in [7, 11) is 1.53. The van der Waals surface area contributed by atoms with E-state index in [-0.39, 0.29) is 6.04 Å². The third kappa shape index (κ3) is 2.41. The Morgan fingerprint density at radius 1 is 1.56 bits per heavy atom. The highest BCUT2D eigenvalue weighted by molar-refractivity contribution is 4.64. The molecule has 0 heterocycles. The lowest BCUT2D eigenvalue weighted by atomic mass is 10.2. The van der Waals surface area contributed by atoms with E-state index in [4.69, 9.17) is 5.11 Å². The van der Waals surface area contributed by atoms with E-state index in [1.54, 1.807) is 13.8 Å². The summed E-state index contributed by atoms with van der Waals surface area (Å²) in [5, 5.41) is 12.7. The van der Waals surface area contributed by atoms with Crippen molar-refractivity contribution < 1.29 is 5.11 Å². The first kappa shape index (κ1) is 8.36. The predicted octanol–water partition coefficient (Wildman–Crippen LogP) is 0.369. The van der Waals surface area contributed by atoms with E-state index in [9.17, 15) is 4.91 Å². The first-order chi connectivity index (χ1) is 4.09. The summed E-state index contributed by atoms with van der Waals surface area (Å²) >= 11 is 0. The fourth-order valence-corrected chi connectivity index (χ4v) is 0.387. The minimum Gasteiger partial charge on any atom is -0.391 e. The molecule has 4 nitrogen and oxygen atoms in total. The number of rotatable bonds is 3. The van der Waals surface area contributed by atoms with Crippen molar-refractivity contribution in [3.8, 4) is 0 Å². The third-order valence-corrected chi connectivity index (χ3v) is 1.42. The highest BCUT2D eigenvalue weighted by Gasteiger charge is 2.12. The Balaban J connectivity index is 3.71. The minimum absolute atomic E-state index is 0.206. The fourth-order valence-electron chi connectivity index (χ4n) is 0.387. The molecule has 0 aliphatic carbocycles. The van der Waals surface area contributed by atoms with Crippen LogP contribution >= 0.6 is 0 Å². The van der Waals surface area contributed by atoms with Crippen LogP contribution in [0.25, 0.3) is 0 Å². The summed E-state index contributed by atoms with van der Waals surface area (Å²) in [6.07, 6.45) is -0.521. The first-order valence-corrected chi connectivity index (χ1v) is 2.83. The van der Waals surface area contributed by atoms with Gasteiger partial charge in [-0.1, -0.05) is 0 Å². The van der Waals surface area contributed by atoms with Gasteiger partial charge in [-0.15, -0.1) is 4.91 Å². The molecule has 0 aliphatic rings. The molecule has 1 N–H and O–H groups in total. The highest BCUT2D eigenvalue weighted by Crippen LogP contribution is 1.99. The van der Waals surface area contributed by atoms with E-state index in [1.165, 1.54) is 12.1 Å². The molecule has 0 bridgehead atoms. The van der Waals surface area contributed by atoms with E-state index in [0.29, 0.717) is 0 Å². The van der Waals surface area contributed by atoms with Gasteiger partial charge >= 0.3 is 0 Å². The van der Waals surface area contributed by atoms with Crippen molar-refractivity contribution in [1.82, 2.24) is 5.01 Å². The zero-order valence-corrected chi connectivity index (χ0v) is 5.90. The second kappa shape index (κ2) is 3.40. The fraction of sp³-hybridized carbons (Fsp3) is 1.00. The van der Waals surface area contributed by atoms with Gasteiger partial charge in [0.05, 0.1) is 17.4 Å². The maximum absolute atomic E-state index is 9.82. The van der Waals surface area contributed by atoms with Crippen LogP contribution in [0.1, 0.15) is 13.8 Å². The summed E-state index contributed by atoms with van der Waals surface area (Å²) in [4.78, 5) is 9.82. The summed E-state index contributed by atoms with van der Waals surface area (Å²) in [5.41, 5.74) is 0. The average molecular weight is 132 g/mol. The van der Waals surface area contributed by atoms with Crippen molar-refractivity contribution in [3.05, 3.63) is 4.91 Å². The van der Waals surface area contributed by atoms with Gasteiger partial charge in [0.15, 0.2) is 0 Å². The van der Waals surface area contributed by atoms with Gasteiger partial charge in [0.25, 0.3) is 0 Å². The zero-order valence-electron chi connectivity index (χ0n) is 5.90. The molecule has 2 atom stereocenters. The molecule has 0 saturated carbocycles. The molecule has 0 rings (SSSR count). The van der Waals surface area contributed by atoms with Gasteiger partial charge in [-0.05, 0) is 13.8 Å². The molecule has 9 heavy (non-hydrogen) atoms. The van der Waals surface area contributed by atoms with E-state index >= 15 is 0 Å². The molecule has 0 spiro atoms. The van der Waals surface area contributed by atoms with Gasteiger partial charge in [-0.3, -0.25) is 5.01 Å². The van der Waals surface area contributed by atoms with Crippen LogP contribution in [0.4, 0.5) is 0 Å². The standard InChI is InChI=1S/C5H12N2O2/c1-4(5(2)8)7(3)6-9/h4-5,8H,1-3H3/t4-,5-/m1/s1. The van der Waals surface area contributed by atoms with Crippen molar-refractivity contribution in [2.24, 2.45) is 5.29 Å². The van der Waals surface area contributed by atoms with Crippen LogP contribution in [0, 0.1) is 4.91 Å². The molecule has 0 aromatic carbocycles. The molecule has 54 valence electrons. The molecule has 0 aromatic rings. The van der Waals surface area contributed by atoms with Crippen LogP contribution in [0.3, 0.4) is 0 Å². The summed E-state index contributed by atoms with van der Waals surface area (Å²) in [6.45, 7) is 3.35.